The van der Waals surface area contributed by atoms with E-state index in [1.165, 1.54) is 5.56 Å². The lowest BCUT2D eigenvalue weighted by Crippen LogP contribution is -2.15. The van der Waals surface area contributed by atoms with E-state index in [2.05, 4.69) is 71.6 Å². The van der Waals surface area contributed by atoms with Crippen LogP contribution in [-0.2, 0) is 6.42 Å². The summed E-state index contributed by atoms with van der Waals surface area (Å²) in [6, 6.07) is 8.49. The summed E-state index contributed by atoms with van der Waals surface area (Å²) < 4.78 is 1.16. The Bertz CT molecular complexity index is 323. The first-order valence-corrected chi connectivity index (χ1v) is 9.26. The van der Waals surface area contributed by atoms with Gasteiger partial charge in [-0.3, -0.25) is 0 Å². The molecule has 0 fully saturated rings. The summed E-state index contributed by atoms with van der Waals surface area (Å²) in [7, 11) is -1.02. The molecule has 0 aliphatic heterocycles. The lowest BCUT2D eigenvalue weighted by molar-refractivity contribution is 1.27. The maximum absolute atomic E-state index is 3.48. The Morgan fingerprint density at radius 2 is 2.00 bits per heavy atom. The van der Waals surface area contributed by atoms with Crippen LogP contribution in [0, 0.1) is 0 Å². The van der Waals surface area contributed by atoms with Crippen LogP contribution in [0.2, 0.25) is 19.6 Å². The Balaban J connectivity index is 2.58. The SMILES string of the molecule is C[Si](C)(C)/C=C/Cc1cccc(Br)c1. The molecule has 0 radical (unpaired) electrons. The number of allylic oxidation sites excluding steroid dienone is 1. The molecule has 0 bridgehead atoms. The maximum Gasteiger partial charge on any atom is 0.0683 e. The van der Waals surface area contributed by atoms with Crippen molar-refractivity contribution >= 4 is 24.0 Å². The molecule has 1 aromatic carbocycles. The van der Waals surface area contributed by atoms with Crippen LogP contribution in [0.25, 0.3) is 0 Å². The summed E-state index contributed by atoms with van der Waals surface area (Å²) in [5.41, 5.74) is 3.77. The van der Waals surface area contributed by atoms with Crippen molar-refractivity contribution in [3.63, 3.8) is 0 Å². The molecule has 0 nitrogen and oxygen atoms in total. The first kappa shape index (κ1) is 11.7. The van der Waals surface area contributed by atoms with Gasteiger partial charge in [0.25, 0.3) is 0 Å². The third-order valence-corrected chi connectivity index (χ3v) is 3.59. The van der Waals surface area contributed by atoms with Crippen LogP contribution < -0.4 is 0 Å². The molecule has 0 aliphatic carbocycles. The van der Waals surface area contributed by atoms with Crippen molar-refractivity contribution in [1.29, 1.82) is 0 Å². The highest BCUT2D eigenvalue weighted by molar-refractivity contribution is 9.10. The number of benzene rings is 1. The van der Waals surface area contributed by atoms with E-state index in [9.17, 15) is 0 Å². The monoisotopic (exact) mass is 268 g/mol. The minimum atomic E-state index is -1.02. The zero-order chi connectivity index (χ0) is 10.6. The van der Waals surface area contributed by atoms with E-state index in [0.717, 1.165) is 10.9 Å². The van der Waals surface area contributed by atoms with Crippen LogP contribution >= 0.6 is 15.9 Å². The van der Waals surface area contributed by atoms with Gasteiger partial charge in [0.15, 0.2) is 0 Å². The molecule has 76 valence electrons. The first-order chi connectivity index (χ1) is 6.47. The average Bonchev–Trinajstić information content (AvgIpc) is 2.01. The molecule has 0 saturated carbocycles. The Kier molecular flexibility index (Phi) is 4.14. The second kappa shape index (κ2) is 4.94. The molecule has 0 aliphatic rings. The van der Waals surface area contributed by atoms with Crippen molar-refractivity contribution in [3.05, 3.63) is 46.1 Å². The standard InChI is InChI=1S/C12H17BrSi/c1-14(2,3)9-5-7-11-6-4-8-12(13)10-11/h4-6,8-10H,7H2,1-3H3/b9-5+. The molecule has 0 heterocycles. The van der Waals surface area contributed by atoms with E-state index in [4.69, 9.17) is 0 Å². The van der Waals surface area contributed by atoms with Crippen LogP contribution in [0.15, 0.2) is 40.5 Å². The van der Waals surface area contributed by atoms with Gasteiger partial charge in [-0.15, -0.1) is 0 Å². The van der Waals surface area contributed by atoms with E-state index in [-0.39, 0.29) is 0 Å². The Morgan fingerprint density at radius 3 is 2.57 bits per heavy atom. The highest BCUT2D eigenvalue weighted by Crippen LogP contribution is 2.12. The molecular formula is C12H17BrSi. The van der Waals surface area contributed by atoms with Gasteiger partial charge in [0.2, 0.25) is 0 Å². The van der Waals surface area contributed by atoms with Crippen molar-refractivity contribution in [2.45, 2.75) is 26.1 Å². The topological polar surface area (TPSA) is 0 Å². The van der Waals surface area contributed by atoms with E-state index in [1.807, 2.05) is 0 Å². The van der Waals surface area contributed by atoms with Gasteiger partial charge in [0.1, 0.15) is 0 Å². The molecule has 0 unspecified atom stereocenters. The lowest BCUT2D eigenvalue weighted by atomic mass is 10.2. The van der Waals surface area contributed by atoms with Crippen molar-refractivity contribution in [1.82, 2.24) is 0 Å². The molecular weight excluding hydrogens is 252 g/mol. The van der Waals surface area contributed by atoms with Crippen molar-refractivity contribution in [2.24, 2.45) is 0 Å². The van der Waals surface area contributed by atoms with E-state index in [0.29, 0.717) is 0 Å². The van der Waals surface area contributed by atoms with E-state index >= 15 is 0 Å². The molecule has 0 N–H and O–H groups in total. The fraction of sp³-hybridized carbons (Fsp3) is 0.333. The summed E-state index contributed by atoms with van der Waals surface area (Å²) in [4.78, 5) is 0. The minimum absolute atomic E-state index is 1.02. The van der Waals surface area contributed by atoms with Gasteiger partial charge in [0, 0.05) is 4.47 Å². The second-order valence-corrected chi connectivity index (χ2v) is 10.6. The zero-order valence-corrected chi connectivity index (χ0v) is 11.6. The molecule has 0 spiro atoms. The van der Waals surface area contributed by atoms with E-state index in [1.54, 1.807) is 0 Å². The molecule has 0 saturated heterocycles. The lowest BCUT2D eigenvalue weighted by Gasteiger charge is -2.07. The number of hydrogen-bond donors (Lipinski definition) is 0. The molecule has 2 heteroatoms. The third-order valence-electron chi connectivity index (χ3n) is 1.86. The van der Waals surface area contributed by atoms with Gasteiger partial charge < -0.3 is 0 Å². The molecule has 14 heavy (non-hydrogen) atoms. The Hall–Kier alpha value is -0.343. The number of rotatable bonds is 3. The summed E-state index contributed by atoms with van der Waals surface area (Å²) in [5.74, 6) is 0. The zero-order valence-electron chi connectivity index (χ0n) is 9.05. The Labute approximate surface area is 96.2 Å². The first-order valence-electron chi connectivity index (χ1n) is 4.89. The summed E-state index contributed by atoms with van der Waals surface area (Å²) in [5, 5.41) is 0. The van der Waals surface area contributed by atoms with Crippen LogP contribution in [0.3, 0.4) is 0 Å². The van der Waals surface area contributed by atoms with Crippen molar-refractivity contribution in [3.8, 4) is 0 Å². The second-order valence-electron chi connectivity index (χ2n) is 4.60. The van der Waals surface area contributed by atoms with Gasteiger partial charge in [-0.2, -0.15) is 0 Å². The number of halogens is 1. The van der Waals surface area contributed by atoms with Crippen LogP contribution in [0.1, 0.15) is 5.56 Å². The van der Waals surface area contributed by atoms with Gasteiger partial charge in [-0.1, -0.05) is 59.5 Å². The summed E-state index contributed by atoms with van der Waals surface area (Å²) in [6.07, 6.45) is 3.34. The molecule has 0 atom stereocenters. The predicted octanol–water partition coefficient (Wildman–Crippen LogP) is 4.43. The largest absolute Gasteiger partial charge is 0.0986 e. The third kappa shape index (κ3) is 4.77. The van der Waals surface area contributed by atoms with Crippen LogP contribution in [-0.4, -0.2) is 8.07 Å². The molecule has 1 rings (SSSR count). The fourth-order valence-electron chi connectivity index (χ4n) is 1.21. The van der Waals surface area contributed by atoms with E-state index < -0.39 is 8.07 Å². The summed E-state index contributed by atoms with van der Waals surface area (Å²) in [6.45, 7) is 7.05. The minimum Gasteiger partial charge on any atom is -0.0986 e. The molecule has 1 aromatic rings. The average molecular weight is 269 g/mol. The maximum atomic E-state index is 3.48. The summed E-state index contributed by atoms with van der Waals surface area (Å²) >= 11 is 3.48. The van der Waals surface area contributed by atoms with Crippen LogP contribution in [0.4, 0.5) is 0 Å². The smallest absolute Gasteiger partial charge is 0.0683 e. The Morgan fingerprint density at radius 1 is 1.29 bits per heavy atom. The predicted molar refractivity (Wildman–Crippen MR) is 70.3 cm³/mol. The number of hydrogen-bond acceptors (Lipinski definition) is 0. The van der Waals surface area contributed by atoms with Gasteiger partial charge in [-0.25, -0.2) is 0 Å². The quantitative estimate of drug-likeness (QED) is 0.712. The normalized spacial score (nSPS) is 12.3. The fourth-order valence-corrected chi connectivity index (χ4v) is 2.48. The van der Waals surface area contributed by atoms with Gasteiger partial charge in [-0.05, 0) is 24.1 Å². The van der Waals surface area contributed by atoms with Crippen molar-refractivity contribution < 1.29 is 0 Å². The highest BCUT2D eigenvalue weighted by Gasteiger charge is 2.06. The van der Waals surface area contributed by atoms with Crippen molar-refractivity contribution in [2.75, 3.05) is 0 Å². The molecule has 0 amide bonds. The van der Waals surface area contributed by atoms with Gasteiger partial charge >= 0.3 is 0 Å². The van der Waals surface area contributed by atoms with Gasteiger partial charge in [0.05, 0.1) is 8.07 Å². The highest BCUT2D eigenvalue weighted by atomic mass is 79.9. The van der Waals surface area contributed by atoms with Crippen LogP contribution in [0.5, 0.6) is 0 Å². The molecule has 0 aromatic heterocycles.